The van der Waals surface area contributed by atoms with E-state index in [0.29, 0.717) is 6.61 Å². The Balaban J connectivity index is 1.27. The van der Waals surface area contributed by atoms with E-state index < -0.39 is 0 Å². The van der Waals surface area contributed by atoms with Gasteiger partial charge in [0.1, 0.15) is 11.8 Å². The largest absolute Gasteiger partial charge is 0.493 e. The van der Waals surface area contributed by atoms with Crippen molar-refractivity contribution >= 4 is 11.6 Å². The number of likely N-dealkylation sites (tertiary alicyclic amines) is 1. The van der Waals surface area contributed by atoms with E-state index in [1.54, 1.807) is 0 Å². The summed E-state index contributed by atoms with van der Waals surface area (Å²) in [5.41, 5.74) is 3.39. The first kappa shape index (κ1) is 20.7. The number of piperidine rings is 1. The molecule has 2 aromatic rings. The Hall–Kier alpha value is -2.53. The van der Waals surface area contributed by atoms with Crippen LogP contribution in [0.3, 0.4) is 0 Å². The van der Waals surface area contributed by atoms with E-state index in [9.17, 15) is 4.79 Å². The van der Waals surface area contributed by atoms with Crippen LogP contribution in [0.15, 0.2) is 48.5 Å². The van der Waals surface area contributed by atoms with E-state index in [2.05, 4.69) is 39.8 Å². The van der Waals surface area contributed by atoms with Crippen molar-refractivity contribution in [2.24, 2.45) is 0 Å². The topological polar surface area (TPSA) is 53.6 Å². The van der Waals surface area contributed by atoms with Gasteiger partial charge in [0.05, 0.1) is 12.6 Å². The number of hydrogen-bond donors (Lipinski definition) is 2. The first-order valence-electron chi connectivity index (χ1n) is 11.3. The van der Waals surface area contributed by atoms with Gasteiger partial charge in [-0.3, -0.25) is 4.79 Å². The molecule has 1 fully saturated rings. The van der Waals surface area contributed by atoms with Gasteiger partial charge in [-0.1, -0.05) is 36.8 Å². The van der Waals surface area contributed by atoms with Gasteiger partial charge in [-0.05, 0) is 63.0 Å². The summed E-state index contributed by atoms with van der Waals surface area (Å²) in [6.45, 7) is 6.15. The molecule has 0 radical (unpaired) electrons. The Kier molecular flexibility index (Phi) is 6.90. The molecular weight excluding hydrogens is 374 g/mol. The number of fused-ring (bicyclic) bond motifs is 1. The molecule has 5 heteroatoms. The summed E-state index contributed by atoms with van der Waals surface area (Å²) < 4.78 is 5.69. The minimum absolute atomic E-state index is 0.00358. The quantitative estimate of drug-likeness (QED) is 0.724. The summed E-state index contributed by atoms with van der Waals surface area (Å²) in [6, 6.07) is 16.1. The van der Waals surface area contributed by atoms with Crippen LogP contribution in [0.1, 0.15) is 49.8 Å². The van der Waals surface area contributed by atoms with Crippen LogP contribution in [0.4, 0.5) is 5.69 Å². The highest BCUT2D eigenvalue weighted by atomic mass is 16.5. The second-order valence-electron chi connectivity index (χ2n) is 8.45. The van der Waals surface area contributed by atoms with Crippen molar-refractivity contribution in [3.63, 3.8) is 0 Å². The van der Waals surface area contributed by atoms with E-state index in [0.717, 1.165) is 36.4 Å². The second-order valence-corrected chi connectivity index (χ2v) is 8.45. The molecule has 1 amide bonds. The van der Waals surface area contributed by atoms with Gasteiger partial charge in [0.25, 0.3) is 0 Å². The third-order valence-corrected chi connectivity index (χ3v) is 6.17. The average molecular weight is 408 g/mol. The van der Waals surface area contributed by atoms with Gasteiger partial charge in [-0.15, -0.1) is 0 Å². The molecule has 30 heavy (non-hydrogen) atoms. The number of rotatable bonds is 7. The molecule has 2 aromatic carbocycles. The molecule has 0 bridgehead atoms. The van der Waals surface area contributed by atoms with Crippen molar-refractivity contribution in [2.75, 3.05) is 31.6 Å². The van der Waals surface area contributed by atoms with Crippen molar-refractivity contribution in [1.82, 2.24) is 10.2 Å². The Morgan fingerprint density at radius 1 is 1.10 bits per heavy atom. The summed E-state index contributed by atoms with van der Waals surface area (Å²) in [6.07, 6.45) is 5.93. The van der Waals surface area contributed by atoms with Gasteiger partial charge in [0.15, 0.2) is 0 Å². The van der Waals surface area contributed by atoms with E-state index >= 15 is 0 Å². The van der Waals surface area contributed by atoms with Gasteiger partial charge in [0, 0.05) is 24.2 Å². The van der Waals surface area contributed by atoms with Crippen LogP contribution in [0.2, 0.25) is 0 Å². The molecule has 4 rings (SSSR count). The number of benzene rings is 2. The molecule has 0 unspecified atom stereocenters. The van der Waals surface area contributed by atoms with Gasteiger partial charge >= 0.3 is 0 Å². The first-order chi connectivity index (χ1) is 14.7. The molecule has 2 aliphatic rings. The van der Waals surface area contributed by atoms with Crippen LogP contribution in [-0.2, 0) is 11.2 Å². The zero-order chi connectivity index (χ0) is 20.8. The number of para-hydroxylation sites is 1. The third-order valence-electron chi connectivity index (χ3n) is 6.17. The molecule has 160 valence electrons. The summed E-state index contributed by atoms with van der Waals surface area (Å²) in [5, 5.41) is 6.51. The van der Waals surface area contributed by atoms with Crippen molar-refractivity contribution in [3.05, 3.63) is 59.7 Å². The standard InChI is InChI=1S/C25H33N3O2/c1-19(25(29)27-23-14-18-30-24-8-4-3-7-22(23)24)26-21-11-9-20(10-12-21)13-17-28-15-5-2-6-16-28/h3-4,7-12,19,23,26H,2,5-6,13-18H2,1H3,(H,27,29)/t19-,23+/m0/s1. The maximum atomic E-state index is 12.7. The highest BCUT2D eigenvalue weighted by Gasteiger charge is 2.24. The molecule has 0 saturated carbocycles. The fraction of sp³-hybridized carbons (Fsp3) is 0.480. The normalized spacial score (nSPS) is 20.0. The van der Waals surface area contributed by atoms with Gasteiger partial charge in [-0.25, -0.2) is 0 Å². The number of nitrogens with one attached hydrogen (secondary N) is 2. The summed E-state index contributed by atoms with van der Waals surface area (Å²) >= 11 is 0. The third kappa shape index (κ3) is 5.33. The van der Waals surface area contributed by atoms with Crippen LogP contribution < -0.4 is 15.4 Å². The first-order valence-corrected chi connectivity index (χ1v) is 11.3. The monoisotopic (exact) mass is 407 g/mol. The van der Waals surface area contributed by atoms with Gasteiger partial charge < -0.3 is 20.3 Å². The molecule has 2 heterocycles. The van der Waals surface area contributed by atoms with Crippen molar-refractivity contribution < 1.29 is 9.53 Å². The molecule has 0 aliphatic carbocycles. The Labute approximate surface area is 179 Å². The van der Waals surface area contributed by atoms with E-state index in [-0.39, 0.29) is 18.0 Å². The number of amides is 1. The Bertz CT molecular complexity index is 831. The van der Waals surface area contributed by atoms with Crippen LogP contribution in [0.5, 0.6) is 5.75 Å². The molecule has 2 aliphatic heterocycles. The van der Waals surface area contributed by atoms with E-state index in [4.69, 9.17) is 4.74 Å². The minimum atomic E-state index is -0.306. The molecule has 1 saturated heterocycles. The number of hydrogen-bond acceptors (Lipinski definition) is 4. The molecule has 2 N–H and O–H groups in total. The number of carbonyl (C=O) groups excluding carboxylic acids is 1. The Morgan fingerprint density at radius 2 is 1.87 bits per heavy atom. The fourth-order valence-corrected chi connectivity index (χ4v) is 4.34. The number of anilines is 1. The lowest BCUT2D eigenvalue weighted by Gasteiger charge is -2.28. The average Bonchev–Trinajstić information content (AvgIpc) is 2.79. The van der Waals surface area contributed by atoms with Gasteiger partial charge in [-0.2, -0.15) is 0 Å². The number of nitrogens with zero attached hydrogens (tertiary/aromatic N) is 1. The molecule has 5 nitrogen and oxygen atoms in total. The lowest BCUT2D eigenvalue weighted by atomic mass is 10.0. The van der Waals surface area contributed by atoms with Crippen LogP contribution in [0.25, 0.3) is 0 Å². The van der Waals surface area contributed by atoms with Crippen LogP contribution in [0, 0.1) is 0 Å². The zero-order valence-corrected chi connectivity index (χ0v) is 17.9. The van der Waals surface area contributed by atoms with Crippen molar-refractivity contribution in [3.8, 4) is 5.75 Å². The summed E-state index contributed by atoms with van der Waals surface area (Å²) in [4.78, 5) is 15.3. The van der Waals surface area contributed by atoms with Crippen molar-refractivity contribution in [1.29, 1.82) is 0 Å². The molecule has 0 aromatic heterocycles. The number of carbonyl (C=O) groups is 1. The smallest absolute Gasteiger partial charge is 0.242 e. The molecule has 2 atom stereocenters. The highest BCUT2D eigenvalue weighted by Crippen LogP contribution is 2.31. The zero-order valence-electron chi connectivity index (χ0n) is 17.9. The van der Waals surface area contributed by atoms with Crippen LogP contribution in [-0.4, -0.2) is 43.1 Å². The SMILES string of the molecule is C[C@H](Nc1ccc(CCN2CCCCC2)cc1)C(=O)N[C@@H]1CCOc2ccccc21. The lowest BCUT2D eigenvalue weighted by Crippen LogP contribution is -2.41. The molecular formula is C25H33N3O2. The minimum Gasteiger partial charge on any atom is -0.493 e. The fourth-order valence-electron chi connectivity index (χ4n) is 4.34. The number of ether oxygens (including phenoxy) is 1. The van der Waals surface area contributed by atoms with Crippen molar-refractivity contribution in [2.45, 2.75) is 51.1 Å². The maximum absolute atomic E-state index is 12.7. The predicted octanol–water partition coefficient (Wildman–Crippen LogP) is 4.16. The summed E-state index contributed by atoms with van der Waals surface area (Å²) in [5.74, 6) is 0.876. The van der Waals surface area contributed by atoms with Crippen LogP contribution >= 0.6 is 0 Å². The summed E-state index contributed by atoms with van der Waals surface area (Å²) in [7, 11) is 0. The highest BCUT2D eigenvalue weighted by molar-refractivity contribution is 5.84. The van der Waals surface area contributed by atoms with E-state index in [1.807, 2.05) is 31.2 Å². The lowest BCUT2D eigenvalue weighted by molar-refractivity contribution is -0.122. The predicted molar refractivity (Wildman–Crippen MR) is 121 cm³/mol. The second kappa shape index (κ2) is 9.98. The van der Waals surface area contributed by atoms with E-state index in [1.165, 1.54) is 37.9 Å². The molecule has 0 spiro atoms. The maximum Gasteiger partial charge on any atom is 0.242 e. The Morgan fingerprint density at radius 3 is 2.67 bits per heavy atom. The van der Waals surface area contributed by atoms with Gasteiger partial charge in [0.2, 0.25) is 5.91 Å².